The minimum Gasteiger partial charge on any atom is -0.325 e. The minimum absolute atomic E-state index is 0.00301. The van der Waals surface area contributed by atoms with E-state index in [0.717, 1.165) is 22.8 Å². The smallest absolute Gasteiger partial charge is 0.0188 e. The average molecular weight is 215 g/mol. The standard InChI is InChI=1S/C12H25NS/c1-9-5-6-11(7-10(9)2)14-8-12(3,4)13/h9-11H,5-8,13H2,1-4H3. The zero-order valence-corrected chi connectivity index (χ0v) is 10.9. The van der Waals surface area contributed by atoms with Gasteiger partial charge in [-0.2, -0.15) is 11.8 Å². The lowest BCUT2D eigenvalue weighted by atomic mass is 9.81. The monoisotopic (exact) mass is 215 g/mol. The molecule has 0 aromatic rings. The fourth-order valence-corrected chi connectivity index (χ4v) is 3.39. The van der Waals surface area contributed by atoms with E-state index in [1.807, 2.05) is 0 Å². The van der Waals surface area contributed by atoms with Crippen LogP contribution in [0.4, 0.5) is 0 Å². The summed E-state index contributed by atoms with van der Waals surface area (Å²) in [5, 5.41) is 0.865. The Kier molecular flexibility index (Phi) is 4.32. The predicted octanol–water partition coefficient (Wildman–Crippen LogP) is 3.28. The van der Waals surface area contributed by atoms with E-state index in [-0.39, 0.29) is 5.54 Å². The summed E-state index contributed by atoms with van der Waals surface area (Å²) in [6, 6.07) is 0. The van der Waals surface area contributed by atoms with Crippen molar-refractivity contribution in [1.29, 1.82) is 0 Å². The molecule has 0 heterocycles. The van der Waals surface area contributed by atoms with Crippen LogP contribution >= 0.6 is 11.8 Å². The van der Waals surface area contributed by atoms with Crippen molar-refractivity contribution in [2.45, 2.75) is 57.7 Å². The topological polar surface area (TPSA) is 26.0 Å². The van der Waals surface area contributed by atoms with Gasteiger partial charge in [-0.25, -0.2) is 0 Å². The minimum atomic E-state index is -0.00301. The molecule has 0 aliphatic heterocycles. The second kappa shape index (κ2) is 4.89. The van der Waals surface area contributed by atoms with Gasteiger partial charge in [-0.1, -0.05) is 13.8 Å². The van der Waals surface area contributed by atoms with Crippen LogP contribution in [0.25, 0.3) is 0 Å². The first-order valence-corrected chi connectivity index (χ1v) is 6.84. The van der Waals surface area contributed by atoms with Gasteiger partial charge in [0.05, 0.1) is 0 Å². The van der Waals surface area contributed by atoms with E-state index in [2.05, 4.69) is 39.5 Å². The second-order valence-corrected chi connectivity index (χ2v) is 6.98. The molecule has 84 valence electrons. The third-order valence-corrected chi connectivity index (χ3v) is 5.05. The highest BCUT2D eigenvalue weighted by Gasteiger charge is 2.25. The highest BCUT2D eigenvalue weighted by atomic mass is 32.2. The molecule has 1 rings (SSSR count). The zero-order chi connectivity index (χ0) is 10.8. The van der Waals surface area contributed by atoms with Gasteiger partial charge >= 0.3 is 0 Å². The van der Waals surface area contributed by atoms with Crippen LogP contribution in [-0.4, -0.2) is 16.5 Å². The summed E-state index contributed by atoms with van der Waals surface area (Å²) < 4.78 is 0. The largest absolute Gasteiger partial charge is 0.325 e. The van der Waals surface area contributed by atoms with Crippen LogP contribution in [0.15, 0.2) is 0 Å². The molecular weight excluding hydrogens is 190 g/mol. The van der Waals surface area contributed by atoms with E-state index in [1.165, 1.54) is 19.3 Å². The Morgan fingerprint density at radius 1 is 1.21 bits per heavy atom. The van der Waals surface area contributed by atoms with Crippen LogP contribution in [0.5, 0.6) is 0 Å². The van der Waals surface area contributed by atoms with Crippen molar-refractivity contribution in [1.82, 2.24) is 0 Å². The van der Waals surface area contributed by atoms with Gasteiger partial charge in [-0.3, -0.25) is 0 Å². The van der Waals surface area contributed by atoms with Crippen molar-refractivity contribution >= 4 is 11.8 Å². The molecule has 14 heavy (non-hydrogen) atoms. The number of rotatable bonds is 3. The summed E-state index contributed by atoms with van der Waals surface area (Å²) in [4.78, 5) is 0. The molecular formula is C12H25NS. The van der Waals surface area contributed by atoms with Crippen LogP contribution in [0.3, 0.4) is 0 Å². The summed E-state index contributed by atoms with van der Waals surface area (Å²) in [7, 11) is 0. The van der Waals surface area contributed by atoms with Gasteiger partial charge in [-0.05, 0) is 44.9 Å². The Balaban J connectivity index is 2.27. The number of thioether (sulfide) groups is 1. The predicted molar refractivity (Wildman–Crippen MR) is 66.7 cm³/mol. The second-order valence-electron chi connectivity index (χ2n) is 5.69. The van der Waals surface area contributed by atoms with E-state index >= 15 is 0 Å². The van der Waals surface area contributed by atoms with Crippen molar-refractivity contribution in [3.05, 3.63) is 0 Å². The lowest BCUT2D eigenvalue weighted by molar-refractivity contribution is 0.283. The molecule has 1 aliphatic carbocycles. The number of hydrogen-bond donors (Lipinski definition) is 1. The molecule has 3 atom stereocenters. The highest BCUT2D eigenvalue weighted by molar-refractivity contribution is 7.99. The Bertz CT molecular complexity index is 174. The molecule has 1 aliphatic rings. The molecule has 0 amide bonds. The SMILES string of the molecule is CC1CCC(SCC(C)(C)N)CC1C. The Hall–Kier alpha value is 0.310. The van der Waals surface area contributed by atoms with Crippen molar-refractivity contribution in [2.24, 2.45) is 17.6 Å². The lowest BCUT2D eigenvalue weighted by Gasteiger charge is -2.33. The Labute approximate surface area is 93.2 Å². The molecule has 3 unspecified atom stereocenters. The van der Waals surface area contributed by atoms with E-state index < -0.39 is 0 Å². The molecule has 0 saturated heterocycles. The summed E-state index contributed by atoms with van der Waals surface area (Å²) in [5.74, 6) is 2.93. The van der Waals surface area contributed by atoms with Crippen molar-refractivity contribution in [3.8, 4) is 0 Å². The van der Waals surface area contributed by atoms with E-state index in [4.69, 9.17) is 5.73 Å². The van der Waals surface area contributed by atoms with Gasteiger partial charge in [0, 0.05) is 16.5 Å². The average Bonchev–Trinajstić information content (AvgIpc) is 2.06. The maximum Gasteiger partial charge on any atom is 0.0188 e. The third kappa shape index (κ3) is 4.22. The van der Waals surface area contributed by atoms with E-state index in [1.54, 1.807) is 0 Å². The normalized spacial score (nSPS) is 34.5. The van der Waals surface area contributed by atoms with Crippen molar-refractivity contribution in [3.63, 3.8) is 0 Å². The van der Waals surface area contributed by atoms with Gasteiger partial charge in [-0.15, -0.1) is 0 Å². The maximum atomic E-state index is 5.99. The molecule has 0 aromatic carbocycles. The first kappa shape index (κ1) is 12.4. The van der Waals surface area contributed by atoms with Gasteiger partial charge < -0.3 is 5.73 Å². The third-order valence-electron chi connectivity index (χ3n) is 3.24. The van der Waals surface area contributed by atoms with Crippen molar-refractivity contribution < 1.29 is 0 Å². The highest BCUT2D eigenvalue weighted by Crippen LogP contribution is 2.36. The molecule has 0 bridgehead atoms. The number of hydrogen-bond acceptors (Lipinski definition) is 2. The molecule has 2 heteroatoms. The van der Waals surface area contributed by atoms with Crippen LogP contribution in [0, 0.1) is 11.8 Å². The molecule has 0 spiro atoms. The van der Waals surface area contributed by atoms with E-state index in [0.29, 0.717) is 0 Å². The van der Waals surface area contributed by atoms with Gasteiger partial charge in [0.15, 0.2) is 0 Å². The molecule has 0 radical (unpaired) electrons. The zero-order valence-electron chi connectivity index (χ0n) is 10.0. The van der Waals surface area contributed by atoms with Crippen LogP contribution in [0.1, 0.15) is 47.0 Å². The van der Waals surface area contributed by atoms with Gasteiger partial charge in [0.1, 0.15) is 0 Å². The summed E-state index contributed by atoms with van der Waals surface area (Å²) >= 11 is 2.09. The number of nitrogens with two attached hydrogens (primary N) is 1. The fraction of sp³-hybridized carbons (Fsp3) is 1.00. The summed E-state index contributed by atoms with van der Waals surface area (Å²) in [5.41, 5.74) is 5.99. The first-order valence-electron chi connectivity index (χ1n) is 5.79. The van der Waals surface area contributed by atoms with Gasteiger partial charge in [0.2, 0.25) is 0 Å². The van der Waals surface area contributed by atoms with Gasteiger partial charge in [0.25, 0.3) is 0 Å². The molecule has 2 N–H and O–H groups in total. The van der Waals surface area contributed by atoms with E-state index in [9.17, 15) is 0 Å². The van der Waals surface area contributed by atoms with Crippen molar-refractivity contribution in [2.75, 3.05) is 5.75 Å². The Morgan fingerprint density at radius 3 is 2.36 bits per heavy atom. The molecule has 1 saturated carbocycles. The quantitative estimate of drug-likeness (QED) is 0.782. The van der Waals surface area contributed by atoms with Crippen LogP contribution in [0.2, 0.25) is 0 Å². The molecule has 1 nitrogen and oxygen atoms in total. The lowest BCUT2D eigenvalue weighted by Crippen LogP contribution is -2.36. The van der Waals surface area contributed by atoms with Crippen LogP contribution in [-0.2, 0) is 0 Å². The maximum absolute atomic E-state index is 5.99. The van der Waals surface area contributed by atoms with Crippen LogP contribution < -0.4 is 5.73 Å². The molecule has 0 aromatic heterocycles. The summed E-state index contributed by atoms with van der Waals surface area (Å²) in [6.45, 7) is 9.02. The molecule has 1 fully saturated rings. The Morgan fingerprint density at radius 2 is 1.86 bits per heavy atom. The fourth-order valence-electron chi connectivity index (χ4n) is 1.98. The first-order chi connectivity index (χ1) is 6.38. The summed E-state index contributed by atoms with van der Waals surface area (Å²) in [6.07, 6.45) is 4.19.